The second kappa shape index (κ2) is 31.5. The fourth-order valence-electron chi connectivity index (χ4n) is 4.53. The molecule has 1 atom stereocenters. The number of hydrogen-bond acceptors (Lipinski definition) is 0. The third-order valence-corrected chi connectivity index (χ3v) is 12.3. The topological polar surface area (TPSA) is 59.7 Å². The molecule has 6 aromatic carbocycles. The van der Waals surface area contributed by atoms with Crippen molar-refractivity contribution in [2.75, 3.05) is 6.16 Å². The Labute approximate surface area is 315 Å². The zero-order chi connectivity index (χ0) is 34.5. The van der Waals surface area contributed by atoms with Crippen LogP contribution in [0.25, 0.3) is 0 Å². The van der Waals surface area contributed by atoms with Crippen LogP contribution in [0, 0.1) is 32.3 Å². The Morgan fingerprint density at radius 2 is 0.918 bits per heavy atom. The molecule has 1 radical (unpaired) electrons. The predicted molar refractivity (Wildman–Crippen MR) is 195 cm³/mol. The Morgan fingerprint density at radius 3 is 1.18 bits per heavy atom. The summed E-state index contributed by atoms with van der Waals surface area (Å²) < 4.78 is 22.5. The molecule has 0 aliphatic carbocycles. The quantitative estimate of drug-likeness (QED) is 0.0518. The van der Waals surface area contributed by atoms with E-state index in [0.717, 1.165) is 5.56 Å². The fourth-order valence-corrected chi connectivity index (χ4v) is 10.3. The first-order chi connectivity index (χ1) is 23.3. The van der Waals surface area contributed by atoms with Gasteiger partial charge in [-0.3, -0.25) is 5.92 Å². The maximum Gasteiger partial charge on any atom is 0 e. The first-order valence-electron chi connectivity index (χ1n) is 14.5. The van der Waals surface area contributed by atoms with Crippen molar-refractivity contribution in [1.29, 1.82) is 0 Å². The molecule has 49 heavy (non-hydrogen) atoms. The van der Waals surface area contributed by atoms with Gasteiger partial charge in [0, 0.05) is 34.1 Å². The van der Waals surface area contributed by atoms with Crippen LogP contribution in [-0.4, -0.2) is 11.8 Å². The van der Waals surface area contributed by atoms with Gasteiger partial charge in [0.15, 0.2) is 0 Å². The van der Waals surface area contributed by atoms with Gasteiger partial charge in [-0.25, -0.2) is 18.2 Å². The molecule has 6 rings (SSSR count). The average Bonchev–Trinajstić information content (AvgIpc) is 3.94. The summed E-state index contributed by atoms with van der Waals surface area (Å²) in [6.07, 6.45) is 7.80. The van der Waals surface area contributed by atoms with E-state index in [1.165, 1.54) is 27.4 Å². The fraction of sp³-hybridized carbons (Fsp3) is 0.0714. The Kier molecular flexibility index (Phi) is 30.5. The molecule has 3 nitrogen and oxygen atoms in total. The minimum Gasteiger partial charge on any atom is -0.214 e. The summed E-state index contributed by atoms with van der Waals surface area (Å²) in [5.74, 6) is 2.26. The van der Waals surface area contributed by atoms with Gasteiger partial charge >= 0.3 is 33.9 Å². The Bertz CT molecular complexity index is 1560. The number of hydrogen-bond donors (Lipinski definition) is 0. The molecule has 0 fully saturated rings. The molecule has 0 aliphatic heterocycles. The van der Waals surface area contributed by atoms with E-state index in [1.807, 2.05) is 54.6 Å². The molecule has 7 heteroatoms. The molecule has 0 spiro atoms. The summed E-state index contributed by atoms with van der Waals surface area (Å²) in [6, 6.07) is 61.8. The average molecular weight is 760 g/mol. The normalized spacial score (nSPS) is 9.31. The van der Waals surface area contributed by atoms with E-state index in [1.54, 1.807) is 0 Å². The summed E-state index contributed by atoms with van der Waals surface area (Å²) in [5.41, 5.74) is 1.43. The molecule has 0 bridgehead atoms. The Morgan fingerprint density at radius 1 is 0.551 bits per heavy atom. The van der Waals surface area contributed by atoms with E-state index in [-0.39, 0.29) is 42.1 Å². The van der Waals surface area contributed by atoms with Crippen molar-refractivity contribution in [3.8, 4) is 5.92 Å². The minimum absolute atomic E-state index is 0. The van der Waals surface area contributed by atoms with E-state index in [9.17, 15) is 0 Å². The van der Waals surface area contributed by atoms with E-state index >= 15 is 0 Å². The van der Waals surface area contributed by atoms with E-state index in [0.29, 0.717) is 5.66 Å². The molecule has 0 saturated heterocycles. The molecule has 0 aromatic heterocycles. The van der Waals surface area contributed by atoms with Crippen molar-refractivity contribution < 1.29 is 48.1 Å². The van der Waals surface area contributed by atoms with Crippen LogP contribution in [0.15, 0.2) is 176 Å². The zero-order valence-corrected chi connectivity index (χ0v) is 31.0. The first kappa shape index (κ1) is 47.4. The van der Waals surface area contributed by atoms with Crippen LogP contribution in [0.4, 0.5) is 0 Å². The minimum atomic E-state index is -0.409. The number of rotatable bonds is 7. The van der Waals surface area contributed by atoms with Crippen molar-refractivity contribution >= 4 is 37.1 Å². The van der Waals surface area contributed by atoms with Gasteiger partial charge in [0.25, 0.3) is 0 Å². The largest absolute Gasteiger partial charge is 0.214 e. The molecule has 0 amide bonds. The van der Waals surface area contributed by atoms with E-state index in [4.69, 9.17) is 20.4 Å². The van der Waals surface area contributed by atoms with Crippen LogP contribution in [0.1, 0.15) is 12.5 Å². The van der Waals surface area contributed by atoms with Gasteiger partial charge in [-0.15, -0.1) is 5.56 Å². The van der Waals surface area contributed by atoms with Gasteiger partial charge in [-0.05, 0) is 48.9 Å². The van der Waals surface area contributed by atoms with Crippen molar-refractivity contribution in [3.05, 3.63) is 208 Å². The molecule has 249 valence electrons. The molecule has 6 aromatic rings. The van der Waals surface area contributed by atoms with Gasteiger partial charge in [0.05, 0.1) is 0 Å². The summed E-state index contributed by atoms with van der Waals surface area (Å²) in [5, 5.41) is 5.88. The predicted octanol–water partition coefficient (Wildman–Crippen LogP) is 8.27. The van der Waals surface area contributed by atoms with Crippen LogP contribution in [-0.2, 0) is 48.1 Å². The molecule has 0 heterocycles. The standard InChI is InChI=1S/C27H26P2.C7H4.C5H5.3CO.Fe.Mn/c1-23(29(26-18-10-4-11-19-26)27-20-12-5-13-21-27)22-28(24-14-6-2-7-15-24)25-16-8-3-9-17-25;1-2-7-5-3-4-6-7;1-2-4-5-3-1;3*1-2;;/h2-21,23H,22H2,1H3;3-6H;1-5H;;;;;/q;-2;-1;;;;;. The van der Waals surface area contributed by atoms with Gasteiger partial charge < -0.3 is 6.42 Å². The monoisotopic (exact) mass is 760 g/mol. The van der Waals surface area contributed by atoms with Crippen molar-refractivity contribution in [1.82, 2.24) is 0 Å². The number of benzene rings is 4. The third kappa shape index (κ3) is 18.0. The van der Waals surface area contributed by atoms with E-state index in [2.05, 4.69) is 154 Å². The van der Waals surface area contributed by atoms with Gasteiger partial charge in [0.2, 0.25) is 0 Å². The third-order valence-electron chi connectivity index (χ3n) is 6.45. The maximum absolute atomic E-state index is 7.50. The maximum atomic E-state index is 7.50. The SMILES string of the molecule is CC(CP(c1ccccc1)c1ccccc1)P(c1ccccc1)c1ccccc1.[C-]#Cc1cc[cH-]c1.[C-]#[O+].[C-]#[O+].[C-]#[O+].[Fe].[Mn].c1cc[cH-]c1. The van der Waals surface area contributed by atoms with Crippen LogP contribution < -0.4 is 21.2 Å². The van der Waals surface area contributed by atoms with Gasteiger partial charge in [-0.2, -0.15) is 36.4 Å². The summed E-state index contributed by atoms with van der Waals surface area (Å²) in [6.45, 7) is 16.0. The van der Waals surface area contributed by atoms with Crippen LogP contribution >= 0.6 is 15.8 Å². The molecular weight excluding hydrogens is 725 g/mol. The summed E-state index contributed by atoms with van der Waals surface area (Å²) in [4.78, 5) is 0. The second-order valence-electron chi connectivity index (χ2n) is 9.43. The van der Waals surface area contributed by atoms with Crippen molar-refractivity contribution in [3.63, 3.8) is 0 Å². The summed E-state index contributed by atoms with van der Waals surface area (Å²) >= 11 is 0. The zero-order valence-electron chi connectivity index (χ0n) is 26.9. The Hall–Kier alpha value is -3.74. The molecular formula is C42H35FeMnO3P2-3. The molecule has 0 aliphatic rings. The van der Waals surface area contributed by atoms with Crippen LogP contribution in [0.2, 0.25) is 0 Å². The van der Waals surface area contributed by atoms with Crippen LogP contribution in [0.3, 0.4) is 0 Å². The smallest absolute Gasteiger partial charge is 0 e. The molecule has 1 unspecified atom stereocenters. The van der Waals surface area contributed by atoms with E-state index < -0.39 is 7.92 Å². The molecule has 0 saturated carbocycles. The van der Waals surface area contributed by atoms with Gasteiger partial charge in [0.1, 0.15) is 0 Å². The Balaban J connectivity index is 0. The van der Waals surface area contributed by atoms with Crippen molar-refractivity contribution in [2.45, 2.75) is 12.6 Å². The van der Waals surface area contributed by atoms with Crippen molar-refractivity contribution in [2.24, 2.45) is 0 Å². The second-order valence-corrected chi connectivity index (χ2v) is 14.3. The molecule has 0 N–H and O–H groups in total. The first-order valence-corrected chi connectivity index (χ1v) is 17.4. The van der Waals surface area contributed by atoms with Crippen LogP contribution in [0.5, 0.6) is 0 Å². The summed E-state index contributed by atoms with van der Waals surface area (Å²) in [7, 11) is -0.796. The van der Waals surface area contributed by atoms with Gasteiger partial charge in [-0.1, -0.05) is 128 Å².